The molecule has 0 aliphatic heterocycles. The van der Waals surface area contributed by atoms with Gasteiger partial charge in [0, 0.05) is 17.3 Å². The molecule has 1 aromatic carbocycles. The van der Waals surface area contributed by atoms with Crippen molar-refractivity contribution in [1.29, 1.82) is 0 Å². The lowest BCUT2D eigenvalue weighted by atomic mass is 9.82. The summed E-state index contributed by atoms with van der Waals surface area (Å²) in [5.41, 5.74) is 1.73. The number of hydrogen-bond acceptors (Lipinski definition) is 3. The van der Waals surface area contributed by atoms with Crippen LogP contribution in [0.1, 0.15) is 41.0 Å². The van der Waals surface area contributed by atoms with Crippen LogP contribution < -0.4 is 10.1 Å². The van der Waals surface area contributed by atoms with Crippen LogP contribution in [0.15, 0.2) is 48.7 Å². The number of alkyl halides is 2. The van der Waals surface area contributed by atoms with Crippen LogP contribution in [-0.4, -0.2) is 21.5 Å². The van der Waals surface area contributed by atoms with Gasteiger partial charge in [-0.1, -0.05) is 39.0 Å². The maximum atomic E-state index is 12.9. The highest BCUT2D eigenvalue weighted by molar-refractivity contribution is 5.80. The predicted octanol–water partition coefficient (Wildman–Crippen LogP) is 6.23. The highest BCUT2D eigenvalue weighted by Gasteiger charge is 2.28. The van der Waals surface area contributed by atoms with E-state index in [1.807, 2.05) is 28.8 Å². The van der Waals surface area contributed by atoms with Gasteiger partial charge in [-0.2, -0.15) is 8.78 Å². The van der Waals surface area contributed by atoms with Crippen molar-refractivity contribution in [1.82, 2.24) is 9.38 Å². The van der Waals surface area contributed by atoms with Crippen LogP contribution in [0, 0.1) is 5.41 Å². The van der Waals surface area contributed by atoms with Crippen molar-refractivity contribution in [3.63, 3.8) is 0 Å². The summed E-state index contributed by atoms with van der Waals surface area (Å²) in [4.78, 5) is 4.71. The number of rotatable bonds is 6. The van der Waals surface area contributed by atoms with Gasteiger partial charge in [-0.05, 0) is 49.9 Å². The Labute approximate surface area is 164 Å². The van der Waals surface area contributed by atoms with Crippen molar-refractivity contribution in [3.8, 4) is 17.0 Å². The highest BCUT2D eigenvalue weighted by Crippen LogP contribution is 2.38. The monoisotopic (exact) mass is 387 g/mol. The van der Waals surface area contributed by atoms with E-state index in [1.165, 1.54) is 6.07 Å². The second-order valence-corrected chi connectivity index (χ2v) is 8.86. The Kier molecular flexibility index (Phi) is 5.33. The molecule has 0 aliphatic rings. The van der Waals surface area contributed by atoms with Crippen LogP contribution in [0.25, 0.3) is 16.9 Å². The smallest absolute Gasteiger partial charge is 0.387 e. The molecule has 3 rings (SSSR count). The van der Waals surface area contributed by atoms with Gasteiger partial charge in [0.25, 0.3) is 0 Å². The van der Waals surface area contributed by atoms with Gasteiger partial charge < -0.3 is 10.1 Å². The molecular formula is C22H27F2N3O. The van der Waals surface area contributed by atoms with Crippen LogP contribution >= 0.6 is 0 Å². The van der Waals surface area contributed by atoms with Gasteiger partial charge in [-0.25, -0.2) is 4.98 Å². The van der Waals surface area contributed by atoms with E-state index in [2.05, 4.69) is 39.9 Å². The average Bonchev–Trinajstić information content (AvgIpc) is 2.90. The van der Waals surface area contributed by atoms with E-state index in [0.717, 1.165) is 17.9 Å². The third-order valence-corrected chi connectivity index (χ3v) is 4.32. The molecule has 0 saturated carbocycles. The first-order valence-electron chi connectivity index (χ1n) is 9.35. The second kappa shape index (κ2) is 7.41. The normalized spacial score (nSPS) is 12.6. The third-order valence-electron chi connectivity index (χ3n) is 4.32. The number of benzene rings is 1. The van der Waals surface area contributed by atoms with Crippen LogP contribution in [-0.2, 0) is 0 Å². The largest absolute Gasteiger partial charge is 0.434 e. The topological polar surface area (TPSA) is 38.6 Å². The molecule has 4 nitrogen and oxygen atoms in total. The number of imidazole rings is 1. The Hall–Kier alpha value is -2.63. The molecule has 0 bridgehead atoms. The van der Waals surface area contributed by atoms with Crippen LogP contribution in [0.5, 0.6) is 5.75 Å². The fraction of sp³-hybridized carbons (Fsp3) is 0.409. The minimum absolute atomic E-state index is 0.109. The van der Waals surface area contributed by atoms with E-state index in [0.29, 0.717) is 11.3 Å². The van der Waals surface area contributed by atoms with Crippen molar-refractivity contribution in [2.45, 2.75) is 53.2 Å². The van der Waals surface area contributed by atoms with E-state index in [9.17, 15) is 8.78 Å². The Morgan fingerprint density at radius 1 is 1.04 bits per heavy atom. The molecule has 0 amide bonds. The molecule has 0 aliphatic carbocycles. The number of halogens is 2. The van der Waals surface area contributed by atoms with E-state index >= 15 is 0 Å². The summed E-state index contributed by atoms with van der Waals surface area (Å²) in [5.74, 6) is 0.868. The number of nitrogens with one attached hydrogen (secondary N) is 1. The van der Waals surface area contributed by atoms with Crippen LogP contribution in [0.4, 0.5) is 14.6 Å². The third kappa shape index (κ3) is 4.61. The van der Waals surface area contributed by atoms with Crippen molar-refractivity contribution < 1.29 is 13.5 Å². The molecule has 0 spiro atoms. The first-order valence-corrected chi connectivity index (χ1v) is 9.35. The van der Waals surface area contributed by atoms with Crippen molar-refractivity contribution in [3.05, 3.63) is 48.7 Å². The number of hydrogen-bond donors (Lipinski definition) is 1. The van der Waals surface area contributed by atoms with E-state index in [-0.39, 0.29) is 16.7 Å². The summed E-state index contributed by atoms with van der Waals surface area (Å²) in [5, 5.41) is 3.60. The predicted molar refractivity (Wildman–Crippen MR) is 109 cm³/mol. The molecule has 1 N–H and O–H groups in total. The van der Waals surface area contributed by atoms with Crippen LogP contribution in [0.3, 0.4) is 0 Å². The molecule has 0 atom stereocenters. The summed E-state index contributed by atoms with van der Waals surface area (Å²) in [7, 11) is 0. The fourth-order valence-electron chi connectivity index (χ4n) is 3.85. The summed E-state index contributed by atoms with van der Waals surface area (Å²) in [6, 6.07) is 12.5. The number of nitrogens with zero attached hydrogens (tertiary/aromatic N) is 2. The number of pyridine rings is 1. The zero-order valence-corrected chi connectivity index (χ0v) is 17.0. The lowest BCUT2D eigenvalue weighted by Crippen LogP contribution is -2.36. The lowest BCUT2D eigenvalue weighted by molar-refractivity contribution is -0.0494. The molecule has 150 valence electrons. The molecule has 0 unspecified atom stereocenters. The van der Waals surface area contributed by atoms with Crippen LogP contribution in [0.2, 0.25) is 0 Å². The summed E-state index contributed by atoms with van der Waals surface area (Å²) in [6.45, 7) is 7.94. The number of ether oxygens (including phenoxy) is 1. The molecule has 3 aromatic rings. The van der Waals surface area contributed by atoms with Gasteiger partial charge in [-0.15, -0.1) is 0 Å². The molecule has 28 heavy (non-hydrogen) atoms. The number of anilines is 1. The van der Waals surface area contributed by atoms with Crippen molar-refractivity contribution in [2.24, 2.45) is 5.41 Å². The standard InChI is InChI=1S/C22H27F2N3O/c1-21(2,3)14-22(4,5)26-19-18(25-17-12-8-9-13-27(17)19)15-10-6-7-11-16(15)28-20(23)24/h6-13,20,26H,14H2,1-5H3. The summed E-state index contributed by atoms with van der Waals surface area (Å²) in [6.07, 6.45) is 2.83. The average molecular weight is 387 g/mol. The van der Waals surface area contributed by atoms with Gasteiger partial charge in [0.1, 0.15) is 22.9 Å². The van der Waals surface area contributed by atoms with E-state index in [4.69, 9.17) is 9.72 Å². The highest BCUT2D eigenvalue weighted by atomic mass is 19.3. The van der Waals surface area contributed by atoms with Gasteiger partial charge in [0.15, 0.2) is 0 Å². The number of aromatic nitrogens is 2. The molecule has 0 radical (unpaired) electrons. The van der Waals surface area contributed by atoms with E-state index in [1.54, 1.807) is 18.2 Å². The van der Waals surface area contributed by atoms with Crippen molar-refractivity contribution in [2.75, 3.05) is 5.32 Å². The minimum atomic E-state index is -2.90. The van der Waals surface area contributed by atoms with Gasteiger partial charge in [-0.3, -0.25) is 4.40 Å². The zero-order valence-electron chi connectivity index (χ0n) is 17.0. The molecule has 0 saturated heterocycles. The Morgan fingerprint density at radius 3 is 2.39 bits per heavy atom. The molecular weight excluding hydrogens is 360 g/mol. The Bertz CT molecular complexity index is 958. The Morgan fingerprint density at radius 2 is 1.71 bits per heavy atom. The maximum absolute atomic E-state index is 12.9. The SMILES string of the molecule is CC(C)(C)CC(C)(C)Nc1c(-c2ccccc2OC(F)F)nc2ccccn12. The summed E-state index contributed by atoms with van der Waals surface area (Å²) >= 11 is 0. The number of fused-ring (bicyclic) bond motifs is 1. The van der Waals surface area contributed by atoms with Gasteiger partial charge in [0.2, 0.25) is 0 Å². The zero-order chi connectivity index (χ0) is 20.5. The Balaban J connectivity index is 2.13. The quantitative estimate of drug-likeness (QED) is 0.545. The first-order chi connectivity index (χ1) is 13.1. The molecule has 2 aromatic heterocycles. The molecule has 2 heterocycles. The fourth-order valence-corrected chi connectivity index (χ4v) is 3.85. The van der Waals surface area contributed by atoms with Gasteiger partial charge >= 0.3 is 6.61 Å². The van der Waals surface area contributed by atoms with Crippen molar-refractivity contribution >= 4 is 11.5 Å². The minimum Gasteiger partial charge on any atom is -0.434 e. The first kappa shape index (κ1) is 20.1. The maximum Gasteiger partial charge on any atom is 0.387 e. The van der Waals surface area contributed by atoms with Gasteiger partial charge in [0.05, 0.1) is 0 Å². The second-order valence-electron chi connectivity index (χ2n) is 8.86. The summed E-state index contributed by atoms with van der Waals surface area (Å²) < 4.78 is 32.5. The number of para-hydroxylation sites is 1. The molecule has 0 fully saturated rings. The van der Waals surface area contributed by atoms with E-state index < -0.39 is 6.61 Å². The molecule has 6 heteroatoms. The lowest BCUT2D eigenvalue weighted by Gasteiger charge is -2.34.